The molecule has 5 nitrogen and oxygen atoms in total. The Kier molecular flexibility index (Phi) is 3.83. The van der Waals surface area contributed by atoms with E-state index in [4.69, 9.17) is 4.42 Å². The molecule has 3 saturated heterocycles. The summed E-state index contributed by atoms with van der Waals surface area (Å²) in [7, 11) is 0. The van der Waals surface area contributed by atoms with E-state index in [9.17, 15) is 4.79 Å². The molecule has 0 radical (unpaired) electrons. The van der Waals surface area contributed by atoms with Crippen LogP contribution in [0.1, 0.15) is 28.8 Å². The number of hydrogen-bond acceptors (Lipinski definition) is 5. The fraction of sp³-hybridized carbons (Fsp3) is 0.400. The highest BCUT2D eigenvalue weighted by Gasteiger charge is 2.35. The number of carbonyl (C=O) groups excluding carboxylic acids is 1. The third-order valence-corrected chi connectivity index (χ3v) is 6.70. The monoisotopic (exact) mass is 367 g/mol. The minimum Gasteiger partial charge on any atom is -0.435 e. The van der Waals surface area contributed by atoms with Crippen LogP contribution in [0, 0.1) is 12.8 Å². The van der Waals surface area contributed by atoms with Gasteiger partial charge in [0.2, 0.25) is 5.89 Å². The molecule has 1 aromatic carbocycles. The summed E-state index contributed by atoms with van der Waals surface area (Å²) in [5.74, 6) is 1.15. The van der Waals surface area contributed by atoms with Crippen molar-refractivity contribution in [3.63, 3.8) is 0 Å². The van der Waals surface area contributed by atoms with Gasteiger partial charge in [-0.05, 0) is 67.9 Å². The van der Waals surface area contributed by atoms with Crippen molar-refractivity contribution in [3.05, 3.63) is 40.8 Å². The number of nitrogens with zero attached hydrogens (tertiary/aromatic N) is 2. The van der Waals surface area contributed by atoms with Gasteiger partial charge < -0.3 is 14.6 Å². The van der Waals surface area contributed by atoms with Crippen molar-refractivity contribution in [1.82, 2.24) is 15.2 Å². The van der Waals surface area contributed by atoms with Crippen molar-refractivity contribution >= 4 is 28.3 Å². The Morgan fingerprint density at radius 3 is 2.85 bits per heavy atom. The number of piperidine rings is 3. The standard InChI is InChI=1S/C20H21N3O2S/c1-12-7-10-26-18(12)20-22-17-14(3-2-4-16(17)25-20)19(24)21-15-11-23-8-5-13(15)6-9-23/h2-4,7,10,13,15H,5-6,8-9,11H2,1H3,(H,21,24). The third-order valence-electron chi connectivity index (χ3n) is 5.69. The van der Waals surface area contributed by atoms with E-state index in [-0.39, 0.29) is 11.9 Å². The molecule has 134 valence electrons. The van der Waals surface area contributed by atoms with Gasteiger partial charge >= 0.3 is 0 Å². The van der Waals surface area contributed by atoms with Gasteiger partial charge in [0, 0.05) is 12.6 Å². The molecular formula is C20H21N3O2S. The SMILES string of the molecule is Cc1ccsc1-c1nc2c(C(=O)NC3CN4CCC3CC4)cccc2o1. The van der Waals surface area contributed by atoms with Gasteiger partial charge in [0.15, 0.2) is 5.58 Å². The molecule has 5 heterocycles. The van der Waals surface area contributed by atoms with Crippen molar-refractivity contribution < 1.29 is 9.21 Å². The van der Waals surface area contributed by atoms with E-state index in [0.717, 1.165) is 17.0 Å². The van der Waals surface area contributed by atoms with E-state index in [0.29, 0.717) is 28.5 Å². The average Bonchev–Trinajstić information content (AvgIpc) is 3.27. The molecule has 26 heavy (non-hydrogen) atoms. The van der Waals surface area contributed by atoms with Gasteiger partial charge in [0.05, 0.1) is 10.4 Å². The van der Waals surface area contributed by atoms with Crippen LogP contribution in [0.4, 0.5) is 0 Å². The molecule has 0 aliphatic carbocycles. The van der Waals surface area contributed by atoms with E-state index in [2.05, 4.69) is 21.3 Å². The highest BCUT2D eigenvalue weighted by molar-refractivity contribution is 7.13. The van der Waals surface area contributed by atoms with Crippen LogP contribution in [-0.4, -0.2) is 41.5 Å². The number of thiophene rings is 1. The first-order valence-electron chi connectivity index (χ1n) is 9.16. The van der Waals surface area contributed by atoms with E-state index in [1.165, 1.54) is 25.9 Å². The Labute approximate surface area is 156 Å². The van der Waals surface area contributed by atoms with Crippen LogP contribution in [0.3, 0.4) is 0 Å². The Hall–Kier alpha value is -2.18. The second-order valence-corrected chi connectivity index (χ2v) is 8.24. The molecule has 0 spiro atoms. The number of para-hydroxylation sites is 1. The number of amides is 1. The molecule has 6 heteroatoms. The van der Waals surface area contributed by atoms with Crippen molar-refractivity contribution in [2.75, 3.05) is 19.6 Å². The minimum atomic E-state index is -0.0444. The molecule has 0 saturated carbocycles. The fourth-order valence-corrected chi connectivity index (χ4v) is 5.05. The quantitative estimate of drug-likeness (QED) is 0.767. The highest BCUT2D eigenvalue weighted by atomic mass is 32.1. The molecule has 3 aliphatic rings. The lowest BCUT2D eigenvalue weighted by atomic mass is 9.84. The first kappa shape index (κ1) is 16.0. The molecule has 1 unspecified atom stereocenters. The second-order valence-electron chi connectivity index (χ2n) is 7.32. The summed E-state index contributed by atoms with van der Waals surface area (Å²) >= 11 is 1.61. The summed E-state index contributed by atoms with van der Waals surface area (Å²) in [6.45, 7) is 5.34. The number of oxazole rings is 1. The molecule has 1 amide bonds. The first-order valence-corrected chi connectivity index (χ1v) is 10.0. The molecule has 6 rings (SSSR count). The lowest BCUT2D eigenvalue weighted by molar-refractivity contribution is 0.0621. The van der Waals surface area contributed by atoms with Crippen LogP contribution in [0.25, 0.3) is 21.9 Å². The third kappa shape index (κ3) is 2.64. The summed E-state index contributed by atoms with van der Waals surface area (Å²) in [5, 5.41) is 5.28. The molecule has 1 atom stereocenters. The smallest absolute Gasteiger partial charge is 0.253 e. The van der Waals surface area contributed by atoms with Crippen LogP contribution < -0.4 is 5.32 Å². The maximum Gasteiger partial charge on any atom is 0.253 e. The topological polar surface area (TPSA) is 58.4 Å². The van der Waals surface area contributed by atoms with Crippen LogP contribution in [-0.2, 0) is 0 Å². The van der Waals surface area contributed by atoms with Gasteiger partial charge in [-0.3, -0.25) is 4.79 Å². The summed E-state index contributed by atoms with van der Waals surface area (Å²) < 4.78 is 5.93. The Morgan fingerprint density at radius 2 is 2.15 bits per heavy atom. The van der Waals surface area contributed by atoms with Crippen molar-refractivity contribution in [2.45, 2.75) is 25.8 Å². The number of carbonyl (C=O) groups is 1. The fourth-order valence-electron chi connectivity index (χ4n) is 4.20. The van der Waals surface area contributed by atoms with Crippen LogP contribution >= 0.6 is 11.3 Å². The molecular weight excluding hydrogens is 346 g/mol. The number of fused-ring (bicyclic) bond motifs is 4. The van der Waals surface area contributed by atoms with Crippen LogP contribution in [0.15, 0.2) is 34.1 Å². The lowest BCUT2D eigenvalue weighted by Crippen LogP contribution is -2.57. The van der Waals surface area contributed by atoms with Gasteiger partial charge in [-0.15, -0.1) is 11.3 Å². The summed E-state index contributed by atoms with van der Waals surface area (Å²) in [4.78, 5) is 21.1. The molecule has 3 aromatic rings. The number of rotatable bonds is 3. The van der Waals surface area contributed by atoms with Gasteiger partial charge in [0.25, 0.3) is 5.91 Å². The number of benzene rings is 1. The van der Waals surface area contributed by atoms with Crippen LogP contribution in [0.2, 0.25) is 0 Å². The average molecular weight is 367 g/mol. The van der Waals surface area contributed by atoms with Crippen molar-refractivity contribution in [1.29, 1.82) is 0 Å². The maximum absolute atomic E-state index is 13.0. The van der Waals surface area contributed by atoms with E-state index < -0.39 is 0 Å². The zero-order valence-electron chi connectivity index (χ0n) is 14.7. The summed E-state index contributed by atoms with van der Waals surface area (Å²) in [6.07, 6.45) is 2.36. The van der Waals surface area contributed by atoms with Crippen molar-refractivity contribution in [2.24, 2.45) is 5.92 Å². The predicted molar refractivity (Wildman–Crippen MR) is 102 cm³/mol. The number of hydrogen-bond donors (Lipinski definition) is 1. The number of aryl methyl sites for hydroxylation is 1. The lowest BCUT2D eigenvalue weighted by Gasteiger charge is -2.44. The van der Waals surface area contributed by atoms with E-state index in [1.54, 1.807) is 11.3 Å². The van der Waals surface area contributed by atoms with Crippen molar-refractivity contribution in [3.8, 4) is 10.8 Å². The van der Waals surface area contributed by atoms with Crippen LogP contribution in [0.5, 0.6) is 0 Å². The minimum absolute atomic E-state index is 0.0444. The zero-order chi connectivity index (χ0) is 17.7. The van der Waals surface area contributed by atoms with Gasteiger partial charge in [-0.2, -0.15) is 0 Å². The molecule has 2 aromatic heterocycles. The Balaban J connectivity index is 1.46. The Morgan fingerprint density at radius 1 is 1.31 bits per heavy atom. The number of nitrogens with one attached hydrogen (secondary N) is 1. The van der Waals surface area contributed by atoms with Gasteiger partial charge in [-0.1, -0.05) is 6.07 Å². The normalized spacial score (nSPS) is 24.9. The first-order chi connectivity index (χ1) is 12.7. The zero-order valence-corrected chi connectivity index (χ0v) is 15.5. The molecule has 3 aliphatic heterocycles. The summed E-state index contributed by atoms with van der Waals surface area (Å²) in [5.41, 5.74) is 3.05. The van der Waals surface area contributed by atoms with E-state index in [1.807, 2.05) is 30.5 Å². The highest BCUT2D eigenvalue weighted by Crippen LogP contribution is 2.32. The summed E-state index contributed by atoms with van der Waals surface area (Å²) in [6, 6.07) is 7.87. The number of aromatic nitrogens is 1. The van der Waals surface area contributed by atoms with Gasteiger partial charge in [0.1, 0.15) is 5.52 Å². The Bertz CT molecular complexity index is 969. The van der Waals surface area contributed by atoms with E-state index >= 15 is 0 Å². The second kappa shape index (κ2) is 6.21. The largest absolute Gasteiger partial charge is 0.435 e. The molecule has 3 fully saturated rings. The maximum atomic E-state index is 13.0. The molecule has 2 bridgehead atoms. The van der Waals surface area contributed by atoms with Gasteiger partial charge in [-0.25, -0.2) is 4.98 Å². The molecule has 1 N–H and O–H groups in total. The predicted octanol–water partition coefficient (Wildman–Crippen LogP) is 3.69.